The summed E-state index contributed by atoms with van der Waals surface area (Å²) >= 11 is 0. The molecule has 7 heteroatoms. The number of aliphatic hydroxyl groups excluding tert-OH is 1. The number of morpholine rings is 1. The molecule has 110 valence electrons. The van der Waals surface area contributed by atoms with E-state index in [2.05, 4.69) is 10.4 Å². The molecule has 2 rings (SSSR count). The zero-order chi connectivity index (χ0) is 14.8. The van der Waals surface area contributed by atoms with E-state index in [0.29, 0.717) is 24.5 Å². The summed E-state index contributed by atoms with van der Waals surface area (Å²) in [7, 11) is 0. The van der Waals surface area contributed by atoms with Gasteiger partial charge in [-0.2, -0.15) is 0 Å². The van der Waals surface area contributed by atoms with E-state index in [1.54, 1.807) is 17.0 Å². The van der Waals surface area contributed by atoms with Gasteiger partial charge < -0.3 is 20.2 Å². The number of hydrogen-bond acceptors (Lipinski definition) is 6. The fourth-order valence-corrected chi connectivity index (χ4v) is 2.33. The van der Waals surface area contributed by atoms with E-state index in [1.165, 1.54) is 6.20 Å². The molecule has 1 saturated heterocycles. The molecule has 0 bridgehead atoms. The van der Waals surface area contributed by atoms with Crippen LogP contribution in [0.25, 0.3) is 0 Å². The number of anilines is 1. The predicted molar refractivity (Wildman–Crippen MR) is 74.0 cm³/mol. The van der Waals surface area contributed by atoms with Crippen LogP contribution in [-0.4, -0.2) is 52.3 Å². The van der Waals surface area contributed by atoms with Crippen LogP contribution in [0.3, 0.4) is 0 Å². The van der Waals surface area contributed by atoms with Crippen LogP contribution in [0.15, 0.2) is 18.3 Å². The topological polar surface area (TPSA) is 101 Å². The first-order chi connectivity index (χ1) is 9.45. The lowest BCUT2D eigenvalue weighted by Gasteiger charge is -2.42. The predicted octanol–water partition coefficient (Wildman–Crippen LogP) is -0.0209. The molecule has 0 radical (unpaired) electrons. The molecule has 20 heavy (non-hydrogen) atoms. The molecule has 0 aromatic carbocycles. The molecule has 1 fully saturated rings. The summed E-state index contributed by atoms with van der Waals surface area (Å²) < 4.78 is 5.69. The molecule has 0 saturated carbocycles. The Hall–Kier alpha value is -1.70. The van der Waals surface area contributed by atoms with Gasteiger partial charge in [0.05, 0.1) is 23.9 Å². The Bertz CT molecular complexity index is 475. The summed E-state index contributed by atoms with van der Waals surface area (Å²) in [4.78, 5) is 18.1. The van der Waals surface area contributed by atoms with Crippen molar-refractivity contribution in [1.82, 2.24) is 9.88 Å². The van der Waals surface area contributed by atoms with Crippen molar-refractivity contribution in [3.63, 3.8) is 0 Å². The third kappa shape index (κ3) is 3.24. The second-order valence-electron chi connectivity index (χ2n) is 5.44. The molecule has 1 amide bonds. The van der Waals surface area contributed by atoms with Gasteiger partial charge in [0.2, 0.25) is 0 Å². The van der Waals surface area contributed by atoms with E-state index >= 15 is 0 Å². The molecule has 1 aliphatic rings. The Morgan fingerprint density at radius 3 is 2.95 bits per heavy atom. The minimum absolute atomic E-state index is 0.110. The Kier molecular flexibility index (Phi) is 4.22. The second-order valence-corrected chi connectivity index (χ2v) is 5.44. The van der Waals surface area contributed by atoms with Gasteiger partial charge in [-0.3, -0.25) is 4.79 Å². The normalized spacial score (nSPS) is 21.6. The average molecular weight is 280 g/mol. The standard InChI is InChI=1S/C13H20N4O3/c1-13(2)8-17(6-10(7-18)20-13)12(19)9-3-4-11(16-14)15-5-9/h3-5,10,18H,6-8,14H2,1-2H3,(H,15,16). The van der Waals surface area contributed by atoms with E-state index < -0.39 is 5.60 Å². The SMILES string of the molecule is CC1(C)CN(C(=O)c2ccc(NN)nc2)CC(CO)O1. The van der Waals surface area contributed by atoms with E-state index in [0.717, 1.165) is 0 Å². The van der Waals surface area contributed by atoms with Gasteiger partial charge in [0, 0.05) is 19.3 Å². The summed E-state index contributed by atoms with van der Waals surface area (Å²) in [6, 6.07) is 3.31. The minimum Gasteiger partial charge on any atom is -0.394 e. The first kappa shape index (κ1) is 14.7. The number of carbonyl (C=O) groups excluding carboxylic acids is 1. The number of nitrogen functional groups attached to an aromatic ring is 1. The lowest BCUT2D eigenvalue weighted by atomic mass is 10.0. The molecule has 1 unspecified atom stereocenters. The number of hydrazine groups is 1. The number of carbonyl (C=O) groups is 1. The van der Waals surface area contributed by atoms with Crippen LogP contribution < -0.4 is 11.3 Å². The van der Waals surface area contributed by atoms with Gasteiger partial charge in [0.1, 0.15) is 5.82 Å². The highest BCUT2D eigenvalue weighted by atomic mass is 16.5. The third-order valence-corrected chi connectivity index (χ3v) is 3.13. The summed E-state index contributed by atoms with van der Waals surface area (Å²) in [6.07, 6.45) is 1.12. The Labute approximate surface area is 117 Å². The largest absolute Gasteiger partial charge is 0.394 e. The fraction of sp³-hybridized carbons (Fsp3) is 0.538. The molecular weight excluding hydrogens is 260 g/mol. The van der Waals surface area contributed by atoms with Crippen molar-refractivity contribution in [2.75, 3.05) is 25.1 Å². The molecule has 0 aliphatic carbocycles. The molecule has 1 aliphatic heterocycles. The lowest BCUT2D eigenvalue weighted by Crippen LogP contribution is -2.55. The molecule has 1 atom stereocenters. The number of nitrogens with zero attached hydrogens (tertiary/aromatic N) is 2. The molecule has 7 nitrogen and oxygen atoms in total. The Balaban J connectivity index is 2.14. The van der Waals surface area contributed by atoms with E-state index in [1.807, 2.05) is 13.8 Å². The van der Waals surface area contributed by atoms with Crippen molar-refractivity contribution >= 4 is 11.7 Å². The van der Waals surface area contributed by atoms with E-state index in [9.17, 15) is 9.90 Å². The number of rotatable bonds is 3. The van der Waals surface area contributed by atoms with E-state index in [4.69, 9.17) is 10.6 Å². The van der Waals surface area contributed by atoms with Gasteiger partial charge in [-0.25, -0.2) is 10.8 Å². The smallest absolute Gasteiger partial charge is 0.255 e. The zero-order valence-electron chi connectivity index (χ0n) is 11.7. The Morgan fingerprint density at radius 1 is 1.65 bits per heavy atom. The second kappa shape index (κ2) is 5.74. The maximum atomic E-state index is 12.4. The van der Waals surface area contributed by atoms with E-state index in [-0.39, 0.29) is 18.6 Å². The van der Waals surface area contributed by atoms with Crippen LogP contribution >= 0.6 is 0 Å². The molecular formula is C13H20N4O3. The highest BCUT2D eigenvalue weighted by Gasteiger charge is 2.35. The highest BCUT2D eigenvalue weighted by Crippen LogP contribution is 2.22. The number of pyridine rings is 1. The molecule has 4 N–H and O–H groups in total. The van der Waals surface area contributed by atoms with Crippen molar-refractivity contribution in [2.24, 2.45) is 5.84 Å². The number of amides is 1. The van der Waals surface area contributed by atoms with Gasteiger partial charge in [-0.05, 0) is 26.0 Å². The molecule has 1 aromatic heterocycles. The van der Waals surface area contributed by atoms with Crippen molar-refractivity contribution in [3.05, 3.63) is 23.9 Å². The summed E-state index contributed by atoms with van der Waals surface area (Å²) in [5.41, 5.74) is 2.42. The quantitative estimate of drug-likeness (QED) is 0.531. The van der Waals surface area contributed by atoms with Crippen molar-refractivity contribution in [2.45, 2.75) is 25.6 Å². The van der Waals surface area contributed by atoms with Gasteiger partial charge >= 0.3 is 0 Å². The molecule has 2 heterocycles. The minimum atomic E-state index is -0.479. The van der Waals surface area contributed by atoms with Gasteiger partial charge in [0.25, 0.3) is 5.91 Å². The number of aliphatic hydroxyl groups is 1. The van der Waals surface area contributed by atoms with Crippen LogP contribution in [0, 0.1) is 0 Å². The van der Waals surface area contributed by atoms with Gasteiger partial charge in [-0.15, -0.1) is 0 Å². The van der Waals surface area contributed by atoms with Crippen molar-refractivity contribution in [1.29, 1.82) is 0 Å². The fourth-order valence-electron chi connectivity index (χ4n) is 2.33. The number of nitrogens with two attached hydrogens (primary N) is 1. The van der Waals surface area contributed by atoms with Crippen LogP contribution in [0.2, 0.25) is 0 Å². The van der Waals surface area contributed by atoms with Crippen LogP contribution in [0.4, 0.5) is 5.82 Å². The van der Waals surface area contributed by atoms with Crippen LogP contribution in [0.1, 0.15) is 24.2 Å². The van der Waals surface area contributed by atoms with Crippen molar-refractivity contribution in [3.8, 4) is 0 Å². The maximum absolute atomic E-state index is 12.4. The number of hydrogen-bond donors (Lipinski definition) is 3. The van der Waals surface area contributed by atoms with Gasteiger partial charge in [-0.1, -0.05) is 0 Å². The summed E-state index contributed by atoms with van der Waals surface area (Å²) in [6.45, 7) is 4.53. The van der Waals surface area contributed by atoms with Gasteiger partial charge in [0.15, 0.2) is 0 Å². The number of ether oxygens (including phenoxy) is 1. The highest BCUT2D eigenvalue weighted by molar-refractivity contribution is 5.94. The molecule has 1 aromatic rings. The van der Waals surface area contributed by atoms with Crippen LogP contribution in [-0.2, 0) is 4.74 Å². The van der Waals surface area contributed by atoms with Crippen molar-refractivity contribution < 1.29 is 14.6 Å². The van der Waals surface area contributed by atoms with Crippen LogP contribution in [0.5, 0.6) is 0 Å². The summed E-state index contributed by atoms with van der Waals surface area (Å²) in [5, 5.41) is 9.26. The Morgan fingerprint density at radius 2 is 2.40 bits per heavy atom. The average Bonchev–Trinajstić information content (AvgIpc) is 2.44. The number of nitrogens with one attached hydrogen (secondary N) is 1. The third-order valence-electron chi connectivity index (χ3n) is 3.13. The lowest BCUT2D eigenvalue weighted by molar-refractivity contribution is -0.139. The maximum Gasteiger partial charge on any atom is 0.255 e. The zero-order valence-corrected chi connectivity index (χ0v) is 11.7. The monoisotopic (exact) mass is 280 g/mol. The number of aromatic nitrogens is 1. The first-order valence-electron chi connectivity index (χ1n) is 6.46. The summed E-state index contributed by atoms with van der Waals surface area (Å²) in [5.74, 6) is 5.61. The first-order valence-corrected chi connectivity index (χ1v) is 6.46. The molecule has 0 spiro atoms.